The molecule has 7 heteroatoms. The first-order valence-electron chi connectivity index (χ1n) is 8.76. The predicted molar refractivity (Wildman–Crippen MR) is 124 cm³/mol. The molecule has 1 saturated heterocycles. The van der Waals surface area contributed by atoms with Crippen LogP contribution >= 0.6 is 34.8 Å². The number of halogens is 1. The summed E-state index contributed by atoms with van der Waals surface area (Å²) in [5.41, 5.74) is 2.53. The summed E-state index contributed by atoms with van der Waals surface area (Å²) < 4.78 is 6.95. The SMILES string of the molecule is Cc1ccc(N2C(=O)/C(=C/c3ccc(-c4ccc(I)cc4)o3)C(=O)NC2=S)cc1. The molecule has 0 atom stereocenters. The second-order valence-electron chi connectivity index (χ2n) is 6.50. The number of hydrogen-bond acceptors (Lipinski definition) is 4. The fourth-order valence-electron chi connectivity index (χ4n) is 2.93. The van der Waals surface area contributed by atoms with Crippen molar-refractivity contribution in [3.63, 3.8) is 0 Å². The van der Waals surface area contributed by atoms with Crippen molar-refractivity contribution in [3.05, 3.63) is 81.1 Å². The summed E-state index contributed by atoms with van der Waals surface area (Å²) in [7, 11) is 0. The summed E-state index contributed by atoms with van der Waals surface area (Å²) in [6.07, 6.45) is 1.44. The smallest absolute Gasteiger partial charge is 0.270 e. The first kappa shape index (κ1) is 19.5. The Balaban J connectivity index is 1.66. The molecule has 2 amide bonds. The number of carbonyl (C=O) groups is 2. The molecule has 0 aliphatic carbocycles. The normalized spacial score (nSPS) is 15.7. The lowest BCUT2D eigenvalue weighted by Gasteiger charge is -2.28. The van der Waals surface area contributed by atoms with E-state index in [9.17, 15) is 9.59 Å². The molecule has 1 aliphatic rings. The van der Waals surface area contributed by atoms with Crippen molar-refractivity contribution < 1.29 is 14.0 Å². The number of thiocarbonyl (C=S) groups is 1. The van der Waals surface area contributed by atoms with Crippen LogP contribution in [0.1, 0.15) is 11.3 Å². The van der Waals surface area contributed by atoms with E-state index >= 15 is 0 Å². The molecule has 29 heavy (non-hydrogen) atoms. The van der Waals surface area contributed by atoms with Gasteiger partial charge in [-0.3, -0.25) is 19.8 Å². The van der Waals surface area contributed by atoms with E-state index < -0.39 is 11.8 Å². The summed E-state index contributed by atoms with van der Waals surface area (Å²) in [6, 6.07) is 18.7. The number of hydrogen-bond donors (Lipinski definition) is 1. The lowest BCUT2D eigenvalue weighted by Crippen LogP contribution is -2.54. The van der Waals surface area contributed by atoms with E-state index in [1.54, 1.807) is 18.2 Å². The van der Waals surface area contributed by atoms with Crippen molar-refractivity contribution in [3.8, 4) is 11.3 Å². The third-order valence-electron chi connectivity index (χ3n) is 4.44. The van der Waals surface area contributed by atoms with Crippen LogP contribution in [-0.2, 0) is 9.59 Å². The molecule has 0 saturated carbocycles. The van der Waals surface area contributed by atoms with Crippen molar-refractivity contribution in [2.24, 2.45) is 0 Å². The first-order chi connectivity index (χ1) is 13.9. The molecule has 0 spiro atoms. The Morgan fingerprint density at radius 2 is 1.69 bits per heavy atom. The monoisotopic (exact) mass is 514 g/mol. The molecule has 0 bridgehead atoms. The maximum absolute atomic E-state index is 13.0. The van der Waals surface area contributed by atoms with E-state index in [0.717, 1.165) is 14.7 Å². The summed E-state index contributed by atoms with van der Waals surface area (Å²) in [6.45, 7) is 1.95. The number of benzene rings is 2. The van der Waals surface area contributed by atoms with Gasteiger partial charge in [-0.05, 0) is 84.2 Å². The highest BCUT2D eigenvalue weighted by Crippen LogP contribution is 2.26. The fraction of sp³-hybridized carbons (Fsp3) is 0.0455. The van der Waals surface area contributed by atoms with Gasteiger partial charge in [-0.2, -0.15) is 0 Å². The Hall–Kier alpha value is -2.78. The number of nitrogens with one attached hydrogen (secondary N) is 1. The molecule has 1 aliphatic heterocycles. The van der Waals surface area contributed by atoms with Gasteiger partial charge in [-0.25, -0.2) is 0 Å². The van der Waals surface area contributed by atoms with Crippen molar-refractivity contribution in [2.75, 3.05) is 4.90 Å². The van der Waals surface area contributed by atoms with Gasteiger partial charge >= 0.3 is 0 Å². The van der Waals surface area contributed by atoms with Gasteiger partial charge in [-0.15, -0.1) is 0 Å². The number of carbonyl (C=O) groups excluding carboxylic acids is 2. The van der Waals surface area contributed by atoms with Crippen LogP contribution in [0.2, 0.25) is 0 Å². The number of rotatable bonds is 3. The molecule has 4 rings (SSSR count). The van der Waals surface area contributed by atoms with Crippen LogP contribution in [0.15, 0.2) is 70.7 Å². The molecule has 1 aromatic heterocycles. The second kappa shape index (κ2) is 7.92. The minimum atomic E-state index is -0.546. The number of nitrogens with zero attached hydrogens (tertiary/aromatic N) is 1. The Labute approximate surface area is 186 Å². The largest absolute Gasteiger partial charge is 0.457 e. The zero-order valence-electron chi connectivity index (χ0n) is 15.3. The van der Waals surface area contributed by atoms with E-state index in [0.29, 0.717) is 17.2 Å². The van der Waals surface area contributed by atoms with Gasteiger partial charge in [0, 0.05) is 9.13 Å². The molecule has 2 heterocycles. The van der Waals surface area contributed by atoms with Crippen LogP contribution in [-0.4, -0.2) is 16.9 Å². The van der Waals surface area contributed by atoms with Gasteiger partial charge < -0.3 is 4.42 Å². The quantitative estimate of drug-likeness (QED) is 0.239. The van der Waals surface area contributed by atoms with Gasteiger partial charge in [0.1, 0.15) is 17.1 Å². The van der Waals surface area contributed by atoms with E-state index in [1.165, 1.54) is 11.0 Å². The topological polar surface area (TPSA) is 62.6 Å². The zero-order chi connectivity index (χ0) is 20.5. The highest BCUT2D eigenvalue weighted by atomic mass is 127. The van der Waals surface area contributed by atoms with Crippen molar-refractivity contribution in [1.29, 1.82) is 0 Å². The van der Waals surface area contributed by atoms with E-state index in [-0.39, 0.29) is 10.7 Å². The third-order valence-corrected chi connectivity index (χ3v) is 5.44. The van der Waals surface area contributed by atoms with Crippen molar-refractivity contribution >= 4 is 63.5 Å². The van der Waals surface area contributed by atoms with Crippen molar-refractivity contribution in [2.45, 2.75) is 6.92 Å². The average Bonchev–Trinajstić information content (AvgIpc) is 3.16. The Bertz CT molecular complexity index is 1150. The molecular weight excluding hydrogens is 499 g/mol. The summed E-state index contributed by atoms with van der Waals surface area (Å²) in [5, 5.41) is 2.63. The van der Waals surface area contributed by atoms with Crippen LogP contribution in [0.25, 0.3) is 17.4 Å². The third kappa shape index (κ3) is 4.01. The second-order valence-corrected chi connectivity index (χ2v) is 8.13. The van der Waals surface area contributed by atoms with Crippen LogP contribution in [0, 0.1) is 10.5 Å². The lowest BCUT2D eigenvalue weighted by atomic mass is 10.1. The molecule has 3 aromatic rings. The van der Waals surface area contributed by atoms with Crippen LogP contribution < -0.4 is 10.2 Å². The zero-order valence-corrected chi connectivity index (χ0v) is 18.3. The number of aryl methyl sites for hydroxylation is 1. The molecule has 5 nitrogen and oxygen atoms in total. The molecular formula is C22H15IN2O3S. The predicted octanol–water partition coefficient (Wildman–Crippen LogP) is 4.69. The minimum Gasteiger partial charge on any atom is -0.457 e. The fourth-order valence-corrected chi connectivity index (χ4v) is 3.57. The number of amides is 2. The average molecular weight is 514 g/mol. The van der Waals surface area contributed by atoms with Crippen LogP contribution in [0.3, 0.4) is 0 Å². The molecule has 1 fully saturated rings. The van der Waals surface area contributed by atoms with Gasteiger partial charge in [0.25, 0.3) is 11.8 Å². The van der Waals surface area contributed by atoms with Gasteiger partial charge in [0.05, 0.1) is 5.69 Å². The Kier molecular flexibility index (Phi) is 5.33. The molecule has 0 unspecified atom stereocenters. The summed E-state index contributed by atoms with van der Waals surface area (Å²) in [5.74, 6) is 0.0296. The van der Waals surface area contributed by atoms with Crippen molar-refractivity contribution in [1.82, 2.24) is 5.32 Å². The Morgan fingerprint density at radius 3 is 2.38 bits per heavy atom. The standard InChI is InChI=1S/C22H15IN2O3S/c1-13-2-8-16(9-3-13)25-21(27)18(20(26)24-22(25)29)12-17-10-11-19(28-17)14-4-6-15(23)7-5-14/h2-12H,1H3,(H,24,26,29)/b18-12+. The highest BCUT2D eigenvalue weighted by Gasteiger charge is 2.34. The Morgan fingerprint density at radius 1 is 1.00 bits per heavy atom. The summed E-state index contributed by atoms with van der Waals surface area (Å²) >= 11 is 7.45. The van der Waals surface area contributed by atoms with E-state index in [2.05, 4.69) is 27.9 Å². The molecule has 1 N–H and O–H groups in total. The van der Waals surface area contributed by atoms with Gasteiger partial charge in [-0.1, -0.05) is 29.8 Å². The van der Waals surface area contributed by atoms with Gasteiger partial charge in [0.2, 0.25) is 0 Å². The van der Waals surface area contributed by atoms with Gasteiger partial charge in [0.15, 0.2) is 5.11 Å². The van der Waals surface area contributed by atoms with Crippen LogP contribution in [0.4, 0.5) is 5.69 Å². The van der Waals surface area contributed by atoms with E-state index in [1.807, 2.05) is 49.4 Å². The molecule has 0 radical (unpaired) electrons. The lowest BCUT2D eigenvalue weighted by molar-refractivity contribution is -0.122. The maximum Gasteiger partial charge on any atom is 0.270 e. The highest BCUT2D eigenvalue weighted by molar-refractivity contribution is 14.1. The number of anilines is 1. The molecule has 2 aromatic carbocycles. The first-order valence-corrected chi connectivity index (χ1v) is 10.2. The van der Waals surface area contributed by atoms with E-state index in [4.69, 9.17) is 16.6 Å². The minimum absolute atomic E-state index is 0.0392. The van der Waals surface area contributed by atoms with Crippen LogP contribution in [0.5, 0.6) is 0 Å². The maximum atomic E-state index is 13.0. The number of furan rings is 1. The summed E-state index contributed by atoms with van der Waals surface area (Å²) in [4.78, 5) is 26.7. The molecule has 144 valence electrons.